The molecule has 0 aromatic heterocycles. The van der Waals surface area contributed by atoms with E-state index in [0.29, 0.717) is 0 Å². The van der Waals surface area contributed by atoms with Crippen LogP contribution in [-0.2, 0) is 4.79 Å². The van der Waals surface area contributed by atoms with E-state index in [-0.39, 0.29) is 24.7 Å². The number of carbonyl (C=O) groups excluding carboxylic acids is 1. The molecule has 1 N–H and O–H groups in total. The molecule has 0 bridgehead atoms. The quantitative estimate of drug-likeness (QED) is 0.671. The van der Waals surface area contributed by atoms with Gasteiger partial charge in [-0.2, -0.15) is 0 Å². The standard InChI is InChI=1S/C6H10Cl2O2/c1-4(10)2-5(3-9)6(7)8/h5-6,9H,2-3H2,1H3. The zero-order valence-electron chi connectivity index (χ0n) is 5.68. The number of alkyl halides is 2. The Morgan fingerprint density at radius 1 is 1.60 bits per heavy atom. The molecule has 0 spiro atoms. The lowest BCUT2D eigenvalue weighted by Gasteiger charge is -2.11. The van der Waals surface area contributed by atoms with Crippen molar-refractivity contribution in [3.05, 3.63) is 0 Å². The van der Waals surface area contributed by atoms with Crippen LogP contribution in [0.2, 0.25) is 0 Å². The molecule has 10 heavy (non-hydrogen) atoms. The highest BCUT2D eigenvalue weighted by Crippen LogP contribution is 2.18. The number of hydrogen-bond donors (Lipinski definition) is 1. The Morgan fingerprint density at radius 3 is 2.20 bits per heavy atom. The molecule has 0 amide bonds. The monoisotopic (exact) mass is 184 g/mol. The SMILES string of the molecule is CC(=O)CC(CO)C(Cl)Cl. The van der Waals surface area contributed by atoms with Crippen LogP contribution < -0.4 is 0 Å². The van der Waals surface area contributed by atoms with Crippen LogP contribution in [0.15, 0.2) is 0 Å². The summed E-state index contributed by atoms with van der Waals surface area (Å²) >= 11 is 10.9. The molecule has 0 aliphatic heterocycles. The van der Waals surface area contributed by atoms with Crippen molar-refractivity contribution in [3.8, 4) is 0 Å². The third kappa shape index (κ3) is 4.09. The Labute approximate surface area is 70.1 Å². The molecular weight excluding hydrogens is 175 g/mol. The first-order valence-electron chi connectivity index (χ1n) is 2.96. The van der Waals surface area contributed by atoms with Gasteiger partial charge >= 0.3 is 0 Å². The summed E-state index contributed by atoms with van der Waals surface area (Å²) < 4.78 is 0. The maximum absolute atomic E-state index is 10.5. The average molecular weight is 185 g/mol. The smallest absolute Gasteiger partial charge is 0.130 e. The van der Waals surface area contributed by atoms with Gasteiger partial charge in [-0.15, -0.1) is 23.2 Å². The molecule has 2 nitrogen and oxygen atoms in total. The second kappa shape index (κ2) is 4.94. The van der Waals surface area contributed by atoms with E-state index in [2.05, 4.69) is 0 Å². The van der Waals surface area contributed by atoms with Gasteiger partial charge in [-0.3, -0.25) is 0 Å². The summed E-state index contributed by atoms with van der Waals surface area (Å²) in [4.78, 5) is 9.83. The highest BCUT2D eigenvalue weighted by molar-refractivity contribution is 6.44. The van der Waals surface area contributed by atoms with Crippen molar-refractivity contribution in [2.24, 2.45) is 5.92 Å². The predicted molar refractivity (Wildman–Crippen MR) is 41.4 cm³/mol. The number of carbonyl (C=O) groups is 1. The largest absolute Gasteiger partial charge is 0.396 e. The van der Waals surface area contributed by atoms with Crippen molar-refractivity contribution in [1.29, 1.82) is 0 Å². The molecule has 0 aliphatic rings. The van der Waals surface area contributed by atoms with Crippen LogP contribution in [-0.4, -0.2) is 22.3 Å². The van der Waals surface area contributed by atoms with Gasteiger partial charge in [-0.25, -0.2) is 0 Å². The molecule has 1 unspecified atom stereocenters. The summed E-state index contributed by atoms with van der Waals surface area (Å²) in [5.74, 6) is -0.328. The molecule has 4 heteroatoms. The number of halogens is 2. The summed E-state index contributed by atoms with van der Waals surface area (Å²) in [6.45, 7) is 1.30. The summed E-state index contributed by atoms with van der Waals surface area (Å²) in [7, 11) is 0. The van der Waals surface area contributed by atoms with E-state index in [9.17, 15) is 4.79 Å². The van der Waals surface area contributed by atoms with Gasteiger partial charge < -0.3 is 9.90 Å². The first kappa shape index (κ1) is 10.2. The lowest BCUT2D eigenvalue weighted by molar-refractivity contribution is -0.118. The van der Waals surface area contributed by atoms with Crippen LogP contribution in [0, 0.1) is 5.92 Å². The normalized spacial score (nSPS) is 13.7. The van der Waals surface area contributed by atoms with E-state index in [4.69, 9.17) is 28.3 Å². The van der Waals surface area contributed by atoms with Gasteiger partial charge in [-0.1, -0.05) is 0 Å². The lowest BCUT2D eigenvalue weighted by atomic mass is 10.1. The van der Waals surface area contributed by atoms with E-state index < -0.39 is 4.84 Å². The van der Waals surface area contributed by atoms with Crippen LogP contribution in [0.1, 0.15) is 13.3 Å². The number of ketones is 1. The van der Waals surface area contributed by atoms with E-state index in [1.54, 1.807) is 0 Å². The van der Waals surface area contributed by atoms with Crippen LogP contribution in [0.5, 0.6) is 0 Å². The van der Waals surface area contributed by atoms with E-state index in [0.717, 1.165) is 0 Å². The Bertz CT molecular complexity index is 114. The van der Waals surface area contributed by atoms with E-state index in [1.807, 2.05) is 0 Å². The Morgan fingerprint density at radius 2 is 2.10 bits per heavy atom. The molecule has 0 radical (unpaired) electrons. The van der Waals surface area contributed by atoms with Crippen molar-refractivity contribution in [1.82, 2.24) is 0 Å². The molecule has 0 aromatic rings. The highest BCUT2D eigenvalue weighted by Gasteiger charge is 2.17. The van der Waals surface area contributed by atoms with Crippen molar-refractivity contribution in [2.45, 2.75) is 18.2 Å². The number of aliphatic hydroxyl groups excluding tert-OH is 1. The fourth-order valence-electron chi connectivity index (χ4n) is 0.603. The van der Waals surface area contributed by atoms with Gasteiger partial charge in [0, 0.05) is 18.9 Å². The Balaban J connectivity index is 3.71. The van der Waals surface area contributed by atoms with Gasteiger partial charge in [0.1, 0.15) is 10.6 Å². The maximum atomic E-state index is 10.5. The number of rotatable bonds is 4. The third-order valence-electron chi connectivity index (χ3n) is 1.14. The number of hydrogen-bond acceptors (Lipinski definition) is 2. The average Bonchev–Trinajstić information content (AvgIpc) is 1.81. The molecular formula is C6H10Cl2O2. The lowest BCUT2D eigenvalue weighted by Crippen LogP contribution is -2.17. The molecule has 60 valence electrons. The number of Topliss-reactive ketones (excluding diaryl/α,β-unsaturated/α-hetero) is 1. The number of aliphatic hydroxyl groups is 1. The summed E-state index contributed by atoms with van der Waals surface area (Å²) in [5.41, 5.74) is 0. The van der Waals surface area contributed by atoms with Crippen molar-refractivity contribution in [3.63, 3.8) is 0 Å². The Kier molecular flexibility index (Phi) is 5.04. The first-order valence-corrected chi connectivity index (χ1v) is 3.83. The second-order valence-electron chi connectivity index (χ2n) is 2.18. The minimum Gasteiger partial charge on any atom is -0.396 e. The minimum atomic E-state index is -0.658. The molecule has 0 aliphatic carbocycles. The van der Waals surface area contributed by atoms with Crippen molar-refractivity contribution < 1.29 is 9.90 Å². The zero-order valence-corrected chi connectivity index (χ0v) is 7.19. The van der Waals surface area contributed by atoms with Crippen LogP contribution in [0.3, 0.4) is 0 Å². The maximum Gasteiger partial charge on any atom is 0.130 e. The summed E-state index contributed by atoms with van der Waals surface area (Å²) in [6.07, 6.45) is 0.244. The topological polar surface area (TPSA) is 37.3 Å². The predicted octanol–water partition coefficient (Wildman–Crippen LogP) is 1.38. The summed E-state index contributed by atoms with van der Waals surface area (Å²) in [6, 6.07) is 0. The Hall–Kier alpha value is 0.210. The van der Waals surface area contributed by atoms with Crippen LogP contribution in [0.25, 0.3) is 0 Å². The molecule has 0 aromatic carbocycles. The van der Waals surface area contributed by atoms with Crippen molar-refractivity contribution >= 4 is 29.0 Å². The minimum absolute atomic E-state index is 0.00894. The fourth-order valence-corrected chi connectivity index (χ4v) is 0.940. The zero-order chi connectivity index (χ0) is 8.15. The molecule has 0 saturated heterocycles. The van der Waals surface area contributed by atoms with Gasteiger partial charge in [0.25, 0.3) is 0 Å². The van der Waals surface area contributed by atoms with E-state index in [1.165, 1.54) is 6.92 Å². The highest BCUT2D eigenvalue weighted by atomic mass is 35.5. The molecule has 0 rings (SSSR count). The third-order valence-corrected chi connectivity index (χ3v) is 1.85. The van der Waals surface area contributed by atoms with Crippen LogP contribution in [0.4, 0.5) is 0 Å². The van der Waals surface area contributed by atoms with Gasteiger partial charge in [0.05, 0.1) is 0 Å². The second-order valence-corrected chi connectivity index (χ2v) is 3.35. The molecule has 1 atom stereocenters. The van der Waals surface area contributed by atoms with E-state index >= 15 is 0 Å². The molecule has 0 heterocycles. The molecule has 0 fully saturated rings. The molecule has 0 saturated carbocycles. The summed E-state index contributed by atoms with van der Waals surface area (Å²) in [5, 5.41) is 8.62. The van der Waals surface area contributed by atoms with Crippen LogP contribution >= 0.6 is 23.2 Å². The van der Waals surface area contributed by atoms with Crippen molar-refractivity contribution in [2.75, 3.05) is 6.61 Å². The fraction of sp³-hybridized carbons (Fsp3) is 0.833. The first-order chi connectivity index (χ1) is 4.57. The van der Waals surface area contributed by atoms with Gasteiger partial charge in [-0.05, 0) is 6.92 Å². The van der Waals surface area contributed by atoms with Gasteiger partial charge in [0.2, 0.25) is 0 Å². The van der Waals surface area contributed by atoms with Gasteiger partial charge in [0.15, 0.2) is 0 Å².